The summed E-state index contributed by atoms with van der Waals surface area (Å²) in [4.78, 5) is 22.8. The molecule has 0 saturated heterocycles. The lowest BCUT2D eigenvalue weighted by atomic mass is 9.91. The van der Waals surface area contributed by atoms with E-state index in [0.29, 0.717) is 22.7 Å². The smallest absolute Gasteiger partial charge is 0.416 e. The van der Waals surface area contributed by atoms with Crippen LogP contribution in [0.25, 0.3) is 16.3 Å². The van der Waals surface area contributed by atoms with Gasteiger partial charge >= 0.3 is 12.1 Å². The second-order valence-electron chi connectivity index (χ2n) is 9.87. The number of thiazole rings is 1. The SMILES string of the molecule is CCC(Oc1ccc(C(NOCc2sc(-c3ccc(C(F)(F)F)cc3)nc2C)=C2CCCCC2)cc1C)C(=O)O. The van der Waals surface area contributed by atoms with Crippen molar-refractivity contribution < 1.29 is 32.6 Å². The lowest BCUT2D eigenvalue weighted by Gasteiger charge is -2.22. The molecular formula is C30H33F3N2O4S. The Bertz CT molecular complexity index is 1360. The van der Waals surface area contributed by atoms with E-state index in [4.69, 9.17) is 9.57 Å². The van der Waals surface area contributed by atoms with Crippen molar-refractivity contribution in [1.29, 1.82) is 0 Å². The van der Waals surface area contributed by atoms with Gasteiger partial charge in [-0.15, -0.1) is 11.3 Å². The number of carbonyl (C=O) groups is 1. The van der Waals surface area contributed by atoms with Crippen LogP contribution in [0.5, 0.6) is 5.75 Å². The molecule has 2 N–H and O–H groups in total. The minimum Gasteiger partial charge on any atom is -0.479 e. The molecule has 214 valence electrons. The number of alkyl halides is 3. The summed E-state index contributed by atoms with van der Waals surface area (Å²) >= 11 is 1.39. The van der Waals surface area contributed by atoms with Crippen molar-refractivity contribution in [2.24, 2.45) is 0 Å². The van der Waals surface area contributed by atoms with Crippen LogP contribution in [-0.2, 0) is 22.4 Å². The van der Waals surface area contributed by atoms with Crippen molar-refractivity contribution in [2.75, 3.05) is 0 Å². The van der Waals surface area contributed by atoms with Crippen LogP contribution in [-0.4, -0.2) is 22.2 Å². The Kier molecular flexibility index (Phi) is 9.52. The van der Waals surface area contributed by atoms with Gasteiger partial charge in [0.05, 0.1) is 21.8 Å². The highest BCUT2D eigenvalue weighted by atomic mass is 32.1. The van der Waals surface area contributed by atoms with E-state index in [0.717, 1.165) is 65.2 Å². The summed E-state index contributed by atoms with van der Waals surface area (Å²) in [5, 5.41) is 9.98. The molecule has 1 aromatic heterocycles. The van der Waals surface area contributed by atoms with Crippen LogP contribution in [0.3, 0.4) is 0 Å². The fourth-order valence-corrected chi connectivity index (χ4v) is 5.60. The van der Waals surface area contributed by atoms with Gasteiger partial charge in [-0.25, -0.2) is 9.78 Å². The van der Waals surface area contributed by atoms with E-state index in [1.807, 2.05) is 26.0 Å². The largest absolute Gasteiger partial charge is 0.479 e. The molecule has 1 aliphatic carbocycles. The molecule has 0 bridgehead atoms. The van der Waals surface area contributed by atoms with Crippen LogP contribution in [0.2, 0.25) is 0 Å². The molecule has 6 nitrogen and oxygen atoms in total. The molecule has 3 aromatic rings. The Morgan fingerprint density at radius 1 is 1.10 bits per heavy atom. The maximum atomic E-state index is 12.9. The second kappa shape index (κ2) is 12.9. The first-order valence-electron chi connectivity index (χ1n) is 13.3. The van der Waals surface area contributed by atoms with Crippen molar-refractivity contribution in [2.45, 2.75) is 78.2 Å². The van der Waals surface area contributed by atoms with E-state index in [-0.39, 0.29) is 6.61 Å². The van der Waals surface area contributed by atoms with E-state index in [2.05, 4.69) is 10.5 Å². The summed E-state index contributed by atoms with van der Waals surface area (Å²) in [7, 11) is 0. The van der Waals surface area contributed by atoms with Gasteiger partial charge in [0.1, 0.15) is 17.4 Å². The number of carboxylic acids is 1. The number of hydrogen-bond donors (Lipinski definition) is 2. The van der Waals surface area contributed by atoms with E-state index >= 15 is 0 Å². The van der Waals surface area contributed by atoms with Crippen LogP contribution in [0.15, 0.2) is 48.0 Å². The van der Waals surface area contributed by atoms with Gasteiger partial charge in [0.15, 0.2) is 6.10 Å². The van der Waals surface area contributed by atoms with Gasteiger partial charge in [-0.1, -0.05) is 25.5 Å². The number of hydroxylamine groups is 1. The Balaban J connectivity index is 1.49. The number of aliphatic carboxylic acids is 1. The fourth-order valence-electron chi connectivity index (χ4n) is 4.62. The molecule has 4 rings (SSSR count). The minimum absolute atomic E-state index is 0.234. The maximum absolute atomic E-state index is 12.9. The number of ether oxygens (including phenoxy) is 1. The number of carboxylic acid groups (broad SMARTS) is 1. The number of benzene rings is 2. The number of nitrogens with zero attached hydrogens (tertiary/aromatic N) is 1. The van der Waals surface area contributed by atoms with Crippen LogP contribution < -0.4 is 10.2 Å². The third kappa shape index (κ3) is 7.22. The molecule has 0 amide bonds. The number of rotatable bonds is 10. The van der Waals surface area contributed by atoms with Crippen molar-refractivity contribution >= 4 is 23.0 Å². The number of aromatic nitrogens is 1. The Labute approximate surface area is 235 Å². The Morgan fingerprint density at radius 3 is 2.40 bits per heavy atom. The average Bonchev–Trinajstić information content (AvgIpc) is 3.30. The number of allylic oxidation sites excluding steroid dienone is 1. The predicted octanol–water partition coefficient (Wildman–Crippen LogP) is 8.08. The van der Waals surface area contributed by atoms with Crippen molar-refractivity contribution in [3.8, 4) is 16.3 Å². The highest BCUT2D eigenvalue weighted by Crippen LogP contribution is 2.34. The van der Waals surface area contributed by atoms with Gasteiger partial charge in [-0.05, 0) is 87.4 Å². The zero-order valence-electron chi connectivity index (χ0n) is 22.7. The van der Waals surface area contributed by atoms with Crippen molar-refractivity contribution in [1.82, 2.24) is 10.5 Å². The molecule has 0 radical (unpaired) electrons. The first-order chi connectivity index (χ1) is 19.1. The van der Waals surface area contributed by atoms with Gasteiger partial charge < -0.3 is 9.84 Å². The molecule has 1 unspecified atom stereocenters. The van der Waals surface area contributed by atoms with Gasteiger partial charge in [-0.2, -0.15) is 13.2 Å². The summed E-state index contributed by atoms with van der Waals surface area (Å²) < 4.78 is 44.5. The summed E-state index contributed by atoms with van der Waals surface area (Å²) in [5.41, 5.74) is 7.77. The van der Waals surface area contributed by atoms with Gasteiger partial charge in [0.2, 0.25) is 0 Å². The lowest BCUT2D eigenvalue weighted by molar-refractivity contribution is -0.145. The van der Waals surface area contributed by atoms with E-state index < -0.39 is 23.8 Å². The predicted molar refractivity (Wildman–Crippen MR) is 149 cm³/mol. The second-order valence-corrected chi connectivity index (χ2v) is 10.9. The Morgan fingerprint density at radius 2 is 1.80 bits per heavy atom. The number of halogens is 3. The summed E-state index contributed by atoms with van der Waals surface area (Å²) in [6.07, 6.45) is 0.369. The molecule has 2 aromatic carbocycles. The molecule has 1 saturated carbocycles. The summed E-state index contributed by atoms with van der Waals surface area (Å²) in [5.74, 6) is -0.464. The number of aryl methyl sites for hydroxylation is 2. The zero-order valence-corrected chi connectivity index (χ0v) is 23.5. The molecule has 1 heterocycles. The van der Waals surface area contributed by atoms with Crippen molar-refractivity contribution in [3.05, 3.63) is 75.3 Å². The van der Waals surface area contributed by atoms with Crippen LogP contribution >= 0.6 is 11.3 Å². The minimum atomic E-state index is -4.38. The molecule has 0 aliphatic heterocycles. The highest BCUT2D eigenvalue weighted by Gasteiger charge is 2.30. The first kappa shape index (κ1) is 29.6. The molecular weight excluding hydrogens is 541 g/mol. The third-order valence-corrected chi connectivity index (χ3v) is 8.10. The molecule has 1 fully saturated rings. The zero-order chi connectivity index (χ0) is 28.9. The first-order valence-corrected chi connectivity index (χ1v) is 14.1. The molecule has 10 heteroatoms. The summed E-state index contributed by atoms with van der Waals surface area (Å²) in [6.45, 7) is 5.75. The van der Waals surface area contributed by atoms with E-state index in [9.17, 15) is 23.1 Å². The van der Waals surface area contributed by atoms with Crippen LogP contribution in [0, 0.1) is 13.8 Å². The monoisotopic (exact) mass is 574 g/mol. The number of nitrogens with one attached hydrogen (secondary N) is 1. The lowest BCUT2D eigenvalue weighted by Crippen LogP contribution is -2.26. The molecule has 40 heavy (non-hydrogen) atoms. The average molecular weight is 575 g/mol. The quantitative estimate of drug-likeness (QED) is 0.238. The van der Waals surface area contributed by atoms with E-state index in [1.165, 1.54) is 35.5 Å². The highest BCUT2D eigenvalue weighted by molar-refractivity contribution is 7.15. The molecule has 1 atom stereocenters. The fraction of sp³-hybridized carbons (Fsp3) is 0.400. The van der Waals surface area contributed by atoms with Crippen LogP contribution in [0.4, 0.5) is 13.2 Å². The van der Waals surface area contributed by atoms with Gasteiger partial charge in [-0.3, -0.25) is 10.3 Å². The van der Waals surface area contributed by atoms with Gasteiger partial charge in [0.25, 0.3) is 0 Å². The van der Waals surface area contributed by atoms with Gasteiger partial charge in [0, 0.05) is 11.1 Å². The topological polar surface area (TPSA) is 80.7 Å². The number of hydrogen-bond acceptors (Lipinski definition) is 6. The van der Waals surface area contributed by atoms with Crippen LogP contribution in [0.1, 0.15) is 72.7 Å². The third-order valence-electron chi connectivity index (χ3n) is 6.92. The van der Waals surface area contributed by atoms with E-state index in [1.54, 1.807) is 13.0 Å². The standard InChI is InChI=1S/C30H33F3N2O4S/c1-4-24(29(36)37)39-25-15-12-22(16-18(25)2)27(20-8-6-5-7-9-20)35-38-17-26-19(3)34-28(40-26)21-10-13-23(14-11-21)30(31,32)33/h10-16,24,35H,4-9,17H2,1-3H3,(H,36,37). The maximum Gasteiger partial charge on any atom is 0.416 e. The normalized spacial score (nSPS) is 14.6. The molecule has 0 spiro atoms. The molecule has 1 aliphatic rings. The van der Waals surface area contributed by atoms with Crippen molar-refractivity contribution in [3.63, 3.8) is 0 Å². The summed E-state index contributed by atoms with van der Waals surface area (Å²) in [6, 6.07) is 10.7. The Hall–Kier alpha value is -3.37.